The standard InChI is InChI=1S/C22H29N3O3/c1-23-22(25-12-15-28-21(16-25)20-10-5-13-26-20)24-11-14-27-19-9-4-7-17-6-2-3-8-18(17)19/h2-4,6-9,20-21H,5,10-16H2,1H3,(H,23,24). The van der Waals surface area contributed by atoms with Crippen molar-refractivity contribution in [3.63, 3.8) is 0 Å². The molecule has 2 unspecified atom stereocenters. The van der Waals surface area contributed by atoms with Gasteiger partial charge in [0.25, 0.3) is 0 Å². The minimum atomic E-state index is 0.127. The van der Waals surface area contributed by atoms with Crippen LogP contribution in [0.15, 0.2) is 47.5 Å². The number of nitrogens with one attached hydrogen (secondary N) is 1. The molecule has 2 saturated heterocycles. The van der Waals surface area contributed by atoms with Crippen molar-refractivity contribution in [2.24, 2.45) is 4.99 Å². The number of hydrogen-bond acceptors (Lipinski definition) is 4. The van der Waals surface area contributed by atoms with Crippen LogP contribution in [0.2, 0.25) is 0 Å². The zero-order chi connectivity index (χ0) is 19.2. The van der Waals surface area contributed by atoms with Gasteiger partial charge in [-0.1, -0.05) is 36.4 Å². The highest BCUT2D eigenvalue weighted by Crippen LogP contribution is 2.25. The number of fused-ring (bicyclic) bond motifs is 1. The largest absolute Gasteiger partial charge is 0.491 e. The van der Waals surface area contributed by atoms with E-state index < -0.39 is 0 Å². The summed E-state index contributed by atoms with van der Waals surface area (Å²) in [6, 6.07) is 14.4. The molecular weight excluding hydrogens is 354 g/mol. The Morgan fingerprint density at radius 3 is 2.86 bits per heavy atom. The second kappa shape index (κ2) is 9.26. The van der Waals surface area contributed by atoms with E-state index >= 15 is 0 Å². The van der Waals surface area contributed by atoms with Gasteiger partial charge >= 0.3 is 0 Å². The molecule has 2 aliphatic rings. The molecule has 0 aliphatic carbocycles. The number of morpholine rings is 1. The number of aliphatic imine (C=N–C) groups is 1. The maximum absolute atomic E-state index is 6.02. The molecule has 2 atom stereocenters. The first-order valence-electron chi connectivity index (χ1n) is 10.1. The van der Waals surface area contributed by atoms with E-state index in [-0.39, 0.29) is 12.2 Å². The zero-order valence-corrected chi connectivity index (χ0v) is 16.5. The lowest BCUT2D eigenvalue weighted by Crippen LogP contribution is -2.53. The minimum absolute atomic E-state index is 0.127. The van der Waals surface area contributed by atoms with Gasteiger partial charge in [-0.2, -0.15) is 0 Å². The summed E-state index contributed by atoms with van der Waals surface area (Å²) in [6.45, 7) is 4.48. The highest BCUT2D eigenvalue weighted by atomic mass is 16.5. The molecule has 0 amide bonds. The van der Waals surface area contributed by atoms with Crippen LogP contribution in [0, 0.1) is 0 Å². The molecule has 150 valence electrons. The molecule has 2 aromatic rings. The molecule has 28 heavy (non-hydrogen) atoms. The third kappa shape index (κ3) is 4.39. The summed E-state index contributed by atoms with van der Waals surface area (Å²) in [4.78, 5) is 6.70. The molecular formula is C22H29N3O3. The van der Waals surface area contributed by atoms with Crippen molar-refractivity contribution in [3.05, 3.63) is 42.5 Å². The van der Waals surface area contributed by atoms with Gasteiger partial charge in [0.05, 0.1) is 19.3 Å². The second-order valence-corrected chi connectivity index (χ2v) is 7.21. The number of hydrogen-bond donors (Lipinski definition) is 1. The van der Waals surface area contributed by atoms with E-state index in [0.717, 1.165) is 49.6 Å². The molecule has 0 aromatic heterocycles. The molecule has 6 heteroatoms. The number of ether oxygens (including phenoxy) is 3. The average Bonchev–Trinajstić information content (AvgIpc) is 3.29. The van der Waals surface area contributed by atoms with E-state index in [1.54, 1.807) is 0 Å². The van der Waals surface area contributed by atoms with Gasteiger partial charge in [0, 0.05) is 32.1 Å². The maximum atomic E-state index is 6.02. The number of benzene rings is 2. The van der Waals surface area contributed by atoms with Crippen molar-refractivity contribution in [2.45, 2.75) is 25.0 Å². The predicted molar refractivity (Wildman–Crippen MR) is 111 cm³/mol. The summed E-state index contributed by atoms with van der Waals surface area (Å²) in [5.74, 6) is 1.81. The van der Waals surface area contributed by atoms with Crippen molar-refractivity contribution in [3.8, 4) is 5.75 Å². The number of nitrogens with zero attached hydrogens (tertiary/aromatic N) is 2. The van der Waals surface area contributed by atoms with Gasteiger partial charge in [0.15, 0.2) is 5.96 Å². The quantitative estimate of drug-likeness (QED) is 0.489. The first-order valence-corrected chi connectivity index (χ1v) is 10.1. The van der Waals surface area contributed by atoms with E-state index in [9.17, 15) is 0 Å². The molecule has 2 fully saturated rings. The molecule has 0 saturated carbocycles. The highest BCUT2D eigenvalue weighted by Gasteiger charge is 2.32. The van der Waals surface area contributed by atoms with Crippen LogP contribution in [0.3, 0.4) is 0 Å². The monoisotopic (exact) mass is 383 g/mol. The lowest BCUT2D eigenvalue weighted by molar-refractivity contribution is -0.0817. The SMILES string of the molecule is CN=C(NCCOc1cccc2ccccc12)N1CCOC(C2CCCO2)C1. The van der Waals surface area contributed by atoms with E-state index in [0.29, 0.717) is 19.8 Å². The minimum Gasteiger partial charge on any atom is -0.491 e. The third-order valence-corrected chi connectivity index (χ3v) is 5.38. The topological polar surface area (TPSA) is 55.3 Å². The Hall–Kier alpha value is -2.31. The van der Waals surface area contributed by atoms with Gasteiger partial charge in [-0.15, -0.1) is 0 Å². The smallest absolute Gasteiger partial charge is 0.193 e. The fraction of sp³-hybridized carbons (Fsp3) is 0.500. The molecule has 2 aliphatic heterocycles. The first kappa shape index (κ1) is 19.0. The van der Waals surface area contributed by atoms with E-state index in [4.69, 9.17) is 14.2 Å². The summed E-state index contributed by atoms with van der Waals surface area (Å²) in [5, 5.41) is 5.76. The summed E-state index contributed by atoms with van der Waals surface area (Å²) in [7, 11) is 1.82. The van der Waals surface area contributed by atoms with Gasteiger partial charge in [0.2, 0.25) is 0 Å². The van der Waals surface area contributed by atoms with Crippen molar-refractivity contribution in [1.82, 2.24) is 10.2 Å². The second-order valence-electron chi connectivity index (χ2n) is 7.21. The van der Waals surface area contributed by atoms with Gasteiger partial charge in [0.1, 0.15) is 18.5 Å². The lowest BCUT2D eigenvalue weighted by Gasteiger charge is -2.37. The first-order chi connectivity index (χ1) is 13.8. The fourth-order valence-electron chi connectivity index (χ4n) is 3.97. The van der Waals surface area contributed by atoms with Gasteiger partial charge < -0.3 is 24.4 Å². The van der Waals surface area contributed by atoms with Crippen molar-refractivity contribution < 1.29 is 14.2 Å². The van der Waals surface area contributed by atoms with E-state index in [1.165, 1.54) is 5.39 Å². The molecule has 6 nitrogen and oxygen atoms in total. The molecule has 1 N–H and O–H groups in total. The lowest BCUT2D eigenvalue weighted by atomic mass is 10.1. The predicted octanol–water partition coefficient (Wildman–Crippen LogP) is 2.67. The Labute approximate surface area is 166 Å². The number of rotatable bonds is 5. The van der Waals surface area contributed by atoms with E-state index in [2.05, 4.69) is 33.4 Å². The molecule has 2 heterocycles. The zero-order valence-electron chi connectivity index (χ0n) is 16.5. The van der Waals surface area contributed by atoms with Crippen molar-refractivity contribution >= 4 is 16.7 Å². The Bertz CT molecular complexity index is 799. The van der Waals surface area contributed by atoms with Crippen molar-refractivity contribution in [2.75, 3.05) is 46.5 Å². The molecule has 2 aromatic carbocycles. The summed E-state index contributed by atoms with van der Waals surface area (Å²) in [6.07, 6.45) is 2.56. The van der Waals surface area contributed by atoms with Gasteiger partial charge in [-0.05, 0) is 24.3 Å². The Morgan fingerprint density at radius 2 is 2.00 bits per heavy atom. The van der Waals surface area contributed by atoms with Crippen LogP contribution in [-0.4, -0.2) is 69.6 Å². The van der Waals surface area contributed by atoms with Crippen LogP contribution in [0.4, 0.5) is 0 Å². The maximum Gasteiger partial charge on any atom is 0.193 e. The summed E-state index contributed by atoms with van der Waals surface area (Å²) >= 11 is 0. The Balaban J connectivity index is 1.28. The molecule has 4 rings (SSSR count). The van der Waals surface area contributed by atoms with Crippen LogP contribution in [0.5, 0.6) is 5.75 Å². The molecule has 0 spiro atoms. The average molecular weight is 383 g/mol. The molecule has 0 bridgehead atoms. The van der Waals surface area contributed by atoms with Crippen LogP contribution in [-0.2, 0) is 9.47 Å². The van der Waals surface area contributed by atoms with Crippen LogP contribution in [0.1, 0.15) is 12.8 Å². The Kier molecular flexibility index (Phi) is 6.29. The summed E-state index contributed by atoms with van der Waals surface area (Å²) in [5.41, 5.74) is 0. The van der Waals surface area contributed by atoms with Crippen LogP contribution in [0.25, 0.3) is 10.8 Å². The van der Waals surface area contributed by atoms with Gasteiger partial charge in [-0.3, -0.25) is 4.99 Å². The normalized spacial score (nSPS) is 23.2. The Morgan fingerprint density at radius 1 is 1.14 bits per heavy atom. The third-order valence-electron chi connectivity index (χ3n) is 5.38. The van der Waals surface area contributed by atoms with Crippen LogP contribution >= 0.6 is 0 Å². The highest BCUT2D eigenvalue weighted by molar-refractivity contribution is 5.88. The van der Waals surface area contributed by atoms with Crippen molar-refractivity contribution in [1.29, 1.82) is 0 Å². The fourth-order valence-corrected chi connectivity index (χ4v) is 3.97. The van der Waals surface area contributed by atoms with Crippen LogP contribution < -0.4 is 10.1 Å². The van der Waals surface area contributed by atoms with E-state index in [1.807, 2.05) is 31.3 Å². The molecule has 0 radical (unpaired) electrons. The summed E-state index contributed by atoms with van der Waals surface area (Å²) < 4.78 is 17.8. The van der Waals surface area contributed by atoms with Gasteiger partial charge in [-0.25, -0.2) is 0 Å². The number of guanidine groups is 1.